The van der Waals surface area contributed by atoms with Gasteiger partial charge >= 0.3 is 41.5 Å². The van der Waals surface area contributed by atoms with Crippen LogP contribution in [0.15, 0.2) is 46.1 Å². The second kappa shape index (κ2) is 18.8. The Morgan fingerprint density at radius 3 is 2.15 bits per heavy atom. The fourth-order valence-corrected chi connectivity index (χ4v) is 7.48. The van der Waals surface area contributed by atoms with Gasteiger partial charge in [-0.15, -0.1) is 0 Å². The van der Waals surface area contributed by atoms with Gasteiger partial charge in [-0.25, -0.2) is 22.8 Å². The molecule has 1 aliphatic rings. The number of hydrogen-bond acceptors (Lipinski definition) is 11. The topological polar surface area (TPSA) is 188 Å². The SMILES string of the molecule is CCc1cc(C)cc(CC)c1-c1c(OC(=O)C(C)(C)C)n2n(c1=O)CCOCC2.COc1nc(C)nc(NC(=O)[N-]S(=O)(=O)c2ccccc2I)n1.[Na+]. The number of esters is 1. The molecular weight excluding hydrogens is 828 g/mol. The Labute approximate surface area is 345 Å². The minimum absolute atomic E-state index is 0. The van der Waals surface area contributed by atoms with Gasteiger partial charge in [-0.3, -0.25) is 14.4 Å². The van der Waals surface area contributed by atoms with Gasteiger partial charge in [-0.1, -0.05) is 43.7 Å². The van der Waals surface area contributed by atoms with E-state index in [4.69, 9.17) is 14.2 Å². The average molecular weight is 872 g/mol. The van der Waals surface area contributed by atoms with Gasteiger partial charge in [0.05, 0.1) is 43.7 Å². The number of urea groups is 1. The average Bonchev–Trinajstić information content (AvgIpc) is 3.20. The molecule has 0 aliphatic carbocycles. The van der Waals surface area contributed by atoms with Gasteiger partial charge in [-0.05, 0) is 98.9 Å². The van der Waals surface area contributed by atoms with E-state index in [1.165, 1.54) is 18.7 Å². The fourth-order valence-electron chi connectivity index (χ4n) is 5.33. The second-order valence-corrected chi connectivity index (χ2v) is 15.5. The minimum atomic E-state index is -4.13. The summed E-state index contributed by atoms with van der Waals surface area (Å²) >= 11 is 1.85. The summed E-state index contributed by atoms with van der Waals surface area (Å²) in [6.07, 6.45) is 1.59. The van der Waals surface area contributed by atoms with Crippen LogP contribution < -0.4 is 49.9 Å². The van der Waals surface area contributed by atoms with Crippen molar-refractivity contribution in [3.63, 3.8) is 0 Å². The Morgan fingerprint density at radius 2 is 1.58 bits per heavy atom. The molecule has 0 atom stereocenters. The number of aryl methyl sites for hydroxylation is 4. The number of rotatable bonds is 8. The molecule has 0 saturated heterocycles. The monoisotopic (exact) mass is 871 g/mol. The Balaban J connectivity index is 0.000000288. The van der Waals surface area contributed by atoms with Crippen LogP contribution in [0.2, 0.25) is 0 Å². The van der Waals surface area contributed by atoms with Crippen molar-refractivity contribution in [1.82, 2.24) is 24.3 Å². The van der Waals surface area contributed by atoms with E-state index in [2.05, 4.69) is 57.9 Å². The zero-order valence-corrected chi connectivity index (χ0v) is 36.4. The predicted octanol–water partition coefficient (Wildman–Crippen LogP) is 2.82. The summed E-state index contributed by atoms with van der Waals surface area (Å²) in [6.45, 7) is 15.1. The summed E-state index contributed by atoms with van der Waals surface area (Å²) in [5.41, 5.74) is 3.99. The fraction of sp³-hybridized carbons (Fsp3) is 0.429. The van der Waals surface area contributed by atoms with E-state index < -0.39 is 21.5 Å². The number of nitrogens with one attached hydrogen (secondary N) is 1. The quantitative estimate of drug-likeness (QED) is 0.156. The maximum absolute atomic E-state index is 13.5. The molecule has 15 nitrogen and oxygen atoms in total. The molecule has 0 spiro atoms. The number of amides is 2. The van der Waals surface area contributed by atoms with Gasteiger partial charge in [0.15, 0.2) is 12.0 Å². The number of ether oxygens (including phenoxy) is 3. The number of benzene rings is 2. The van der Waals surface area contributed by atoms with E-state index in [0.717, 1.165) is 29.5 Å². The largest absolute Gasteiger partial charge is 1.00 e. The number of sulfonamides is 1. The Hall–Kier alpha value is -3.36. The number of hydrogen-bond donors (Lipinski definition) is 1. The molecule has 1 N–H and O–H groups in total. The molecule has 2 aromatic carbocycles. The van der Waals surface area contributed by atoms with Gasteiger partial charge in [0.1, 0.15) is 11.4 Å². The van der Waals surface area contributed by atoms with Gasteiger partial charge in [0, 0.05) is 3.57 Å². The Morgan fingerprint density at radius 1 is 0.981 bits per heavy atom. The standard InChI is InChI=1S/C23H32N2O4.C12H12IN5O4S.Na/c1-7-16-13-15(3)14-17(8-2)18(16)19-20(26)24-9-11-28-12-10-25(24)21(19)29-22(27)23(4,5)6;1-7-14-10(17-12(15-7)22-2)16-11(19)18-23(20,21)9-6-4-3-5-8(9)13;/h13-14H,7-12H2,1-6H3;3-6H,1-2H3,(H2,14,15,16,17,18,19);/q;;+1/p-1. The van der Waals surface area contributed by atoms with E-state index in [-0.39, 0.29) is 57.9 Å². The van der Waals surface area contributed by atoms with Gasteiger partial charge < -0.3 is 24.2 Å². The first-order chi connectivity index (χ1) is 24.5. The van der Waals surface area contributed by atoms with E-state index in [0.29, 0.717) is 47.1 Å². The zero-order chi connectivity index (χ0) is 38.4. The van der Waals surface area contributed by atoms with Crippen molar-refractivity contribution < 1.29 is 61.8 Å². The number of anilines is 1. The normalized spacial score (nSPS) is 12.6. The molecule has 0 bridgehead atoms. The van der Waals surface area contributed by atoms with Crippen molar-refractivity contribution in [3.8, 4) is 23.0 Å². The Kier molecular flexibility index (Phi) is 15.6. The number of carbonyl (C=O) groups excluding carboxylic acids is 2. The summed E-state index contributed by atoms with van der Waals surface area (Å²) in [4.78, 5) is 49.6. The second-order valence-electron chi connectivity index (χ2n) is 12.8. The number of halogens is 1. The third-order valence-electron chi connectivity index (χ3n) is 7.79. The van der Waals surface area contributed by atoms with E-state index in [1.807, 2.05) is 43.4 Å². The predicted molar refractivity (Wildman–Crippen MR) is 203 cm³/mol. The third kappa shape index (κ3) is 10.9. The van der Waals surface area contributed by atoms with Crippen molar-refractivity contribution in [1.29, 1.82) is 0 Å². The molecular formula is C35H43IN7NaO8S. The minimum Gasteiger partial charge on any atom is -0.467 e. The number of methoxy groups -OCH3 is 1. The maximum Gasteiger partial charge on any atom is 1.00 e. The molecule has 3 heterocycles. The molecule has 0 radical (unpaired) electrons. The smallest absolute Gasteiger partial charge is 0.467 e. The summed E-state index contributed by atoms with van der Waals surface area (Å²) < 4.78 is 47.7. The summed E-state index contributed by atoms with van der Waals surface area (Å²) in [5, 5.41) is 2.17. The van der Waals surface area contributed by atoms with Crippen LogP contribution in [0.5, 0.6) is 11.9 Å². The van der Waals surface area contributed by atoms with Crippen LogP contribution in [0.25, 0.3) is 15.8 Å². The van der Waals surface area contributed by atoms with Crippen LogP contribution in [-0.2, 0) is 45.5 Å². The van der Waals surface area contributed by atoms with Crippen LogP contribution in [-0.4, -0.2) is 65.1 Å². The number of carbonyl (C=O) groups is 2. The molecule has 0 unspecified atom stereocenters. The first-order valence-corrected chi connectivity index (χ1v) is 19.1. The number of fused-ring (bicyclic) bond motifs is 1. The first-order valence-electron chi connectivity index (χ1n) is 16.6. The van der Waals surface area contributed by atoms with Crippen LogP contribution in [0, 0.1) is 22.8 Å². The van der Waals surface area contributed by atoms with Gasteiger partial charge in [0.25, 0.3) is 5.56 Å². The summed E-state index contributed by atoms with van der Waals surface area (Å²) in [5.74, 6) is 0.135. The molecule has 18 heteroatoms. The van der Waals surface area contributed by atoms with Crippen LogP contribution in [0.4, 0.5) is 10.7 Å². The Bertz CT molecular complexity index is 2110. The van der Waals surface area contributed by atoms with Gasteiger partial charge in [0.2, 0.25) is 15.9 Å². The third-order valence-corrected chi connectivity index (χ3v) is 10.4. The van der Waals surface area contributed by atoms with E-state index in [9.17, 15) is 22.8 Å². The molecule has 4 aromatic rings. The van der Waals surface area contributed by atoms with Crippen LogP contribution in [0.1, 0.15) is 57.1 Å². The molecule has 0 fully saturated rings. The molecule has 1 aliphatic heterocycles. The van der Waals surface area contributed by atoms with Crippen molar-refractivity contribution in [2.45, 2.75) is 79.3 Å². The number of nitrogens with zero attached hydrogens (tertiary/aromatic N) is 6. The van der Waals surface area contributed by atoms with Crippen LogP contribution in [0.3, 0.4) is 0 Å². The molecule has 280 valence electrons. The van der Waals surface area contributed by atoms with E-state index in [1.54, 1.807) is 34.5 Å². The maximum atomic E-state index is 13.5. The van der Waals surface area contributed by atoms with Crippen molar-refractivity contribution in [3.05, 3.63) is 77.6 Å². The molecule has 0 saturated carbocycles. The number of aromatic nitrogens is 5. The molecule has 53 heavy (non-hydrogen) atoms. The molecule has 5 rings (SSSR count). The van der Waals surface area contributed by atoms with E-state index >= 15 is 0 Å². The summed E-state index contributed by atoms with van der Waals surface area (Å²) in [7, 11) is -2.78. The van der Waals surface area contributed by atoms with Crippen molar-refractivity contribution in [2.24, 2.45) is 5.41 Å². The van der Waals surface area contributed by atoms with Crippen molar-refractivity contribution >= 4 is 50.6 Å². The molecule has 2 amide bonds. The van der Waals surface area contributed by atoms with Crippen molar-refractivity contribution in [2.75, 3.05) is 25.6 Å². The van der Waals surface area contributed by atoms with Crippen LogP contribution >= 0.6 is 22.6 Å². The van der Waals surface area contributed by atoms with Gasteiger partial charge in [-0.2, -0.15) is 9.97 Å². The molecule has 2 aromatic heterocycles. The zero-order valence-electron chi connectivity index (χ0n) is 31.4. The summed E-state index contributed by atoms with van der Waals surface area (Å²) in [6, 6.07) is 9.32. The first kappa shape index (κ1) is 44.0.